The van der Waals surface area contributed by atoms with Gasteiger partial charge in [0.2, 0.25) is 17.7 Å². The third-order valence-electron chi connectivity index (χ3n) is 3.09. The van der Waals surface area contributed by atoms with E-state index in [1.807, 2.05) is 0 Å². The summed E-state index contributed by atoms with van der Waals surface area (Å²) in [5, 5.41) is 16.2. The Morgan fingerprint density at radius 3 is 2.60 bits per heavy atom. The number of amidine groups is 2. The molecule has 1 atom stereocenters. The lowest BCUT2D eigenvalue weighted by Gasteiger charge is -2.07. The van der Waals surface area contributed by atoms with Gasteiger partial charge in [0, 0.05) is 17.1 Å². The zero-order valence-corrected chi connectivity index (χ0v) is 15.0. The van der Waals surface area contributed by atoms with Crippen LogP contribution >= 0.6 is 35.1 Å². The highest BCUT2D eigenvalue weighted by molar-refractivity contribution is 8.15. The van der Waals surface area contributed by atoms with Crippen molar-refractivity contribution in [1.82, 2.24) is 10.6 Å². The molecule has 0 radical (unpaired) electrons. The number of carbonyl (C=O) groups excluding carboxylic acids is 3. The topological polar surface area (TPSA) is 112 Å². The van der Waals surface area contributed by atoms with Gasteiger partial charge in [0.25, 0.3) is 0 Å². The Balaban J connectivity index is 1.54. The van der Waals surface area contributed by atoms with Gasteiger partial charge in [-0.15, -0.1) is 10.2 Å². The normalized spacial score (nSPS) is 23.0. The minimum absolute atomic E-state index is 0.000202. The fraction of sp³-hybridized carbons (Fsp3) is 0.214. The summed E-state index contributed by atoms with van der Waals surface area (Å²) in [6, 6.07) is 6.69. The molecule has 130 valence electrons. The molecule has 3 N–H and O–H groups in total. The van der Waals surface area contributed by atoms with Crippen LogP contribution in [0.1, 0.15) is 6.42 Å². The van der Waals surface area contributed by atoms with Gasteiger partial charge in [0.1, 0.15) is 5.25 Å². The highest BCUT2D eigenvalue weighted by Crippen LogP contribution is 2.23. The van der Waals surface area contributed by atoms with E-state index in [1.54, 1.807) is 24.3 Å². The minimum atomic E-state index is -0.586. The van der Waals surface area contributed by atoms with Crippen molar-refractivity contribution >= 4 is 68.9 Å². The molecule has 0 spiro atoms. The summed E-state index contributed by atoms with van der Waals surface area (Å²) in [7, 11) is 0. The first-order valence-corrected chi connectivity index (χ1v) is 9.35. The fourth-order valence-corrected chi connectivity index (χ4v) is 3.64. The number of nitrogens with zero attached hydrogens (tertiary/aromatic N) is 2. The SMILES string of the molecule is O=C1CS/C(=N/N=C2\NC(=O)C(CC(=O)Nc3ccc(Cl)cc3)S2)N1. The Bertz CT molecular complexity index is 781. The van der Waals surface area contributed by atoms with E-state index < -0.39 is 5.25 Å². The highest BCUT2D eigenvalue weighted by Gasteiger charge is 2.32. The fourth-order valence-electron chi connectivity index (χ4n) is 1.97. The van der Waals surface area contributed by atoms with Crippen LogP contribution in [0.5, 0.6) is 0 Å². The van der Waals surface area contributed by atoms with Crippen LogP contribution < -0.4 is 16.0 Å². The molecule has 2 heterocycles. The van der Waals surface area contributed by atoms with Crippen LogP contribution in [0.15, 0.2) is 34.5 Å². The number of halogens is 1. The molecule has 8 nitrogen and oxygen atoms in total. The molecule has 11 heteroatoms. The summed E-state index contributed by atoms with van der Waals surface area (Å²) < 4.78 is 0. The Labute approximate surface area is 156 Å². The van der Waals surface area contributed by atoms with Crippen molar-refractivity contribution in [1.29, 1.82) is 0 Å². The number of benzene rings is 1. The Kier molecular flexibility index (Phi) is 5.61. The van der Waals surface area contributed by atoms with E-state index in [4.69, 9.17) is 11.6 Å². The molecule has 0 aliphatic carbocycles. The van der Waals surface area contributed by atoms with Crippen LogP contribution in [0.2, 0.25) is 5.02 Å². The molecule has 0 bridgehead atoms. The largest absolute Gasteiger partial charge is 0.326 e. The van der Waals surface area contributed by atoms with E-state index in [0.717, 1.165) is 11.8 Å². The monoisotopic (exact) mass is 397 g/mol. The lowest BCUT2D eigenvalue weighted by Crippen LogP contribution is -2.28. The van der Waals surface area contributed by atoms with Crippen molar-refractivity contribution in [3.8, 4) is 0 Å². The number of amides is 3. The van der Waals surface area contributed by atoms with Crippen LogP contribution in [0.3, 0.4) is 0 Å². The van der Waals surface area contributed by atoms with Gasteiger partial charge in [-0.1, -0.05) is 35.1 Å². The summed E-state index contributed by atoms with van der Waals surface area (Å²) in [5.74, 6) is -0.431. The molecule has 0 aromatic heterocycles. The predicted molar refractivity (Wildman–Crippen MR) is 99.7 cm³/mol. The van der Waals surface area contributed by atoms with E-state index in [-0.39, 0.29) is 24.1 Å². The number of anilines is 1. The molecule has 2 saturated heterocycles. The van der Waals surface area contributed by atoms with Gasteiger partial charge in [-0.05, 0) is 24.3 Å². The highest BCUT2D eigenvalue weighted by atomic mass is 35.5. The van der Waals surface area contributed by atoms with Gasteiger partial charge >= 0.3 is 0 Å². The van der Waals surface area contributed by atoms with E-state index in [0.29, 0.717) is 26.8 Å². The van der Waals surface area contributed by atoms with Gasteiger partial charge in [-0.2, -0.15) is 0 Å². The van der Waals surface area contributed by atoms with Crippen molar-refractivity contribution in [3.63, 3.8) is 0 Å². The number of nitrogens with one attached hydrogen (secondary N) is 3. The van der Waals surface area contributed by atoms with Crippen molar-refractivity contribution in [2.45, 2.75) is 11.7 Å². The third kappa shape index (κ3) is 4.97. The van der Waals surface area contributed by atoms with Crippen LogP contribution in [-0.2, 0) is 14.4 Å². The van der Waals surface area contributed by atoms with Crippen molar-refractivity contribution in [3.05, 3.63) is 29.3 Å². The molecule has 25 heavy (non-hydrogen) atoms. The lowest BCUT2D eigenvalue weighted by atomic mass is 10.2. The van der Waals surface area contributed by atoms with Gasteiger partial charge < -0.3 is 16.0 Å². The first-order valence-electron chi connectivity index (χ1n) is 7.11. The summed E-state index contributed by atoms with van der Waals surface area (Å²) in [6.07, 6.45) is 0.000202. The zero-order chi connectivity index (χ0) is 17.8. The molecule has 1 unspecified atom stereocenters. The number of hydrogen-bond acceptors (Lipinski definition) is 7. The number of carbonyl (C=O) groups is 3. The Hall–Kier alpha value is -2.04. The maximum Gasteiger partial charge on any atom is 0.240 e. The van der Waals surface area contributed by atoms with Crippen LogP contribution in [0.25, 0.3) is 0 Å². The molecule has 2 aliphatic rings. The lowest BCUT2D eigenvalue weighted by molar-refractivity contribution is -0.122. The van der Waals surface area contributed by atoms with Crippen molar-refractivity contribution in [2.24, 2.45) is 10.2 Å². The van der Waals surface area contributed by atoms with Crippen molar-refractivity contribution in [2.75, 3.05) is 11.1 Å². The average molecular weight is 398 g/mol. The average Bonchev–Trinajstić information content (AvgIpc) is 3.14. The molecule has 0 saturated carbocycles. The van der Waals surface area contributed by atoms with E-state index in [2.05, 4.69) is 26.2 Å². The van der Waals surface area contributed by atoms with Gasteiger partial charge in [0.15, 0.2) is 10.3 Å². The standard InChI is InChI=1S/C14H12ClN5O3S2/c15-7-1-3-8(4-2-7)16-10(21)5-9-12(23)18-14(25-9)20-19-13-17-11(22)6-24-13/h1-4,9H,5-6H2,(H,16,21)(H,17,19,22)(H,18,20,23). The maximum absolute atomic E-state index is 12.1. The van der Waals surface area contributed by atoms with E-state index >= 15 is 0 Å². The van der Waals surface area contributed by atoms with Crippen LogP contribution in [-0.4, -0.2) is 39.1 Å². The summed E-state index contributed by atoms with van der Waals surface area (Å²) in [4.78, 5) is 35.0. The van der Waals surface area contributed by atoms with E-state index in [1.165, 1.54) is 11.8 Å². The molecule has 1 aromatic rings. The summed E-state index contributed by atoms with van der Waals surface area (Å²) >= 11 is 8.15. The second kappa shape index (κ2) is 7.89. The Morgan fingerprint density at radius 1 is 1.20 bits per heavy atom. The molecule has 2 aliphatic heterocycles. The number of rotatable bonds is 4. The summed E-state index contributed by atoms with van der Waals surface area (Å²) in [5.41, 5.74) is 0.604. The third-order valence-corrected chi connectivity index (χ3v) is 5.28. The molecule has 3 rings (SSSR count). The molecular weight excluding hydrogens is 386 g/mol. The van der Waals surface area contributed by atoms with Gasteiger partial charge in [-0.3, -0.25) is 14.4 Å². The predicted octanol–water partition coefficient (Wildman–Crippen LogP) is 1.39. The van der Waals surface area contributed by atoms with Crippen molar-refractivity contribution < 1.29 is 14.4 Å². The maximum atomic E-state index is 12.1. The first-order chi connectivity index (χ1) is 12.0. The van der Waals surface area contributed by atoms with Gasteiger partial charge in [0.05, 0.1) is 5.75 Å². The van der Waals surface area contributed by atoms with E-state index in [9.17, 15) is 14.4 Å². The minimum Gasteiger partial charge on any atom is -0.326 e. The van der Waals surface area contributed by atoms with Crippen LogP contribution in [0, 0.1) is 0 Å². The zero-order valence-electron chi connectivity index (χ0n) is 12.6. The molecule has 2 fully saturated rings. The van der Waals surface area contributed by atoms with Crippen LogP contribution in [0.4, 0.5) is 5.69 Å². The van der Waals surface area contributed by atoms with Gasteiger partial charge in [-0.25, -0.2) is 0 Å². The number of thioether (sulfide) groups is 2. The second-order valence-corrected chi connectivity index (χ2v) is 7.59. The Morgan fingerprint density at radius 2 is 1.92 bits per heavy atom. The quantitative estimate of drug-likeness (QED) is 0.664. The number of hydrogen-bond donors (Lipinski definition) is 3. The molecule has 3 amide bonds. The summed E-state index contributed by atoms with van der Waals surface area (Å²) in [6.45, 7) is 0. The first kappa shape index (κ1) is 17.8. The molecule has 1 aromatic carbocycles. The smallest absolute Gasteiger partial charge is 0.240 e. The second-order valence-electron chi connectivity index (χ2n) is 5.00. The molecular formula is C14H12ClN5O3S2.